The molecule has 0 amide bonds. The summed E-state index contributed by atoms with van der Waals surface area (Å²) in [5.41, 5.74) is 0.746. The largest absolute Gasteiger partial charge is 0.857 e. The van der Waals surface area contributed by atoms with Crippen LogP contribution in [0.25, 0.3) is 0 Å². The second-order valence-electron chi connectivity index (χ2n) is 4.71. The fraction of sp³-hybridized carbons (Fsp3) is 0.333. The van der Waals surface area contributed by atoms with Crippen LogP contribution in [0.4, 0.5) is 0 Å². The van der Waals surface area contributed by atoms with Crippen molar-refractivity contribution in [1.29, 1.82) is 0 Å². The van der Waals surface area contributed by atoms with Crippen molar-refractivity contribution in [3.05, 3.63) is 34.9 Å². The summed E-state index contributed by atoms with van der Waals surface area (Å²) >= 11 is 5.93. The van der Waals surface area contributed by atoms with E-state index in [0.29, 0.717) is 16.1 Å². The van der Waals surface area contributed by atoms with Gasteiger partial charge in [0.05, 0.1) is 27.4 Å². The number of likely N-dealkylation sites (N-methyl/N-ethyl adjacent to an activating group) is 1. The summed E-state index contributed by atoms with van der Waals surface area (Å²) in [5.74, 6) is -0.249. The number of rotatable bonds is 4. The molecule has 0 heterocycles. The van der Waals surface area contributed by atoms with Crippen LogP contribution in [-0.2, 0) is 0 Å². The van der Waals surface area contributed by atoms with Crippen LogP contribution in [0.5, 0.6) is 0 Å². The molecule has 0 saturated carbocycles. The smallest absolute Gasteiger partial charge is 0.109 e. The van der Waals surface area contributed by atoms with E-state index >= 15 is 0 Å². The Hall–Kier alpha value is -1.10. The molecule has 0 spiro atoms. The van der Waals surface area contributed by atoms with E-state index < -0.39 is 0 Å². The Labute approximate surface area is 119 Å². The Bertz CT molecular complexity index is 439. The average Bonchev–Trinajstić information content (AvgIpc) is 2.18. The van der Waals surface area contributed by atoms with E-state index in [1.807, 2.05) is 39.3 Å². The van der Waals surface area contributed by atoms with Crippen molar-refractivity contribution in [2.24, 2.45) is 10.2 Å². The lowest BCUT2D eigenvalue weighted by atomic mass is 10.2. The van der Waals surface area contributed by atoms with Crippen LogP contribution in [-0.4, -0.2) is 44.3 Å². The highest BCUT2D eigenvalue weighted by atomic mass is 35.5. The van der Waals surface area contributed by atoms with Gasteiger partial charge in [-0.25, -0.2) is 0 Å². The van der Waals surface area contributed by atoms with Crippen molar-refractivity contribution >= 4 is 36.1 Å². The Morgan fingerprint density at radius 1 is 1.33 bits per heavy atom. The second-order valence-corrected chi connectivity index (χ2v) is 5.12. The molecule has 18 heavy (non-hydrogen) atoms. The minimum Gasteiger partial charge on any atom is -0.857 e. The highest BCUT2D eigenvalue weighted by Crippen LogP contribution is 2.12. The van der Waals surface area contributed by atoms with Crippen LogP contribution in [0.2, 0.25) is 5.02 Å². The predicted molar refractivity (Wildman–Crippen MR) is 76.6 cm³/mol. The Morgan fingerprint density at radius 3 is 2.50 bits per heavy atom. The third kappa shape index (κ3) is 6.59. The molecule has 4 nitrogen and oxygen atoms in total. The summed E-state index contributed by atoms with van der Waals surface area (Å²) in [5, 5.41) is 19.3. The maximum atomic E-state index is 11.4. The third-order valence-corrected chi connectivity index (χ3v) is 2.23. The molecule has 0 atom stereocenters. The lowest BCUT2D eigenvalue weighted by Gasteiger charge is -2.25. The number of benzene rings is 1. The van der Waals surface area contributed by atoms with Gasteiger partial charge in [0.2, 0.25) is 0 Å². The standard InChI is InChI=1S/C12H16ClN3O.ClH/c1-16(2,3)9-12(17)15-14-8-10-6-4-5-7-11(10)13;/h4-8H,9H2,1-3H3;1H/b14-8-;. The Morgan fingerprint density at radius 2 is 1.94 bits per heavy atom. The zero-order valence-electron chi connectivity index (χ0n) is 10.6. The van der Waals surface area contributed by atoms with Gasteiger partial charge < -0.3 is 9.59 Å². The molecule has 6 heteroatoms. The van der Waals surface area contributed by atoms with Gasteiger partial charge in [0.15, 0.2) is 0 Å². The van der Waals surface area contributed by atoms with Crippen LogP contribution >= 0.6 is 24.0 Å². The number of hydrogen-bond donors (Lipinski definition) is 0. The molecule has 1 aromatic rings. The van der Waals surface area contributed by atoms with Crippen molar-refractivity contribution in [3.8, 4) is 0 Å². The number of nitrogens with zero attached hydrogens (tertiary/aromatic N) is 3. The van der Waals surface area contributed by atoms with E-state index in [1.165, 1.54) is 6.21 Å². The highest BCUT2D eigenvalue weighted by Gasteiger charge is 2.05. The van der Waals surface area contributed by atoms with Crippen molar-refractivity contribution in [2.75, 3.05) is 27.7 Å². The van der Waals surface area contributed by atoms with Crippen LogP contribution < -0.4 is 5.11 Å². The molecule has 0 aliphatic heterocycles. The van der Waals surface area contributed by atoms with E-state index in [1.54, 1.807) is 6.07 Å². The first-order valence-electron chi connectivity index (χ1n) is 5.20. The molecular formula is C12H17Cl2N3O. The first-order chi connectivity index (χ1) is 7.88. The van der Waals surface area contributed by atoms with Crippen molar-refractivity contribution in [2.45, 2.75) is 0 Å². The molecule has 1 aromatic carbocycles. The zero-order chi connectivity index (χ0) is 12.9. The van der Waals surface area contributed by atoms with Crippen LogP contribution in [0.1, 0.15) is 5.56 Å². The molecular weight excluding hydrogens is 273 g/mol. The molecule has 0 fully saturated rings. The number of hydrogen-bond acceptors (Lipinski definition) is 3. The highest BCUT2D eigenvalue weighted by molar-refractivity contribution is 6.33. The van der Waals surface area contributed by atoms with E-state index in [9.17, 15) is 5.11 Å². The molecule has 0 saturated heterocycles. The Balaban J connectivity index is 0.00000289. The monoisotopic (exact) mass is 289 g/mol. The summed E-state index contributed by atoms with van der Waals surface area (Å²) in [6.07, 6.45) is 1.48. The molecule has 100 valence electrons. The normalized spacial score (nSPS) is 12.6. The summed E-state index contributed by atoms with van der Waals surface area (Å²) in [6.45, 7) is 0.319. The predicted octanol–water partition coefficient (Wildman–Crippen LogP) is 1.56. The third-order valence-electron chi connectivity index (χ3n) is 1.88. The summed E-state index contributed by atoms with van der Waals surface area (Å²) in [6, 6.07) is 7.25. The van der Waals surface area contributed by atoms with Crippen molar-refractivity contribution < 1.29 is 9.59 Å². The van der Waals surface area contributed by atoms with E-state index in [2.05, 4.69) is 10.2 Å². The summed E-state index contributed by atoms with van der Waals surface area (Å²) in [7, 11) is 5.77. The molecule has 1 rings (SSSR count). The van der Waals surface area contributed by atoms with Gasteiger partial charge in [0, 0.05) is 16.5 Å². The topological polar surface area (TPSA) is 47.8 Å². The van der Waals surface area contributed by atoms with Crippen LogP contribution in [0.15, 0.2) is 34.5 Å². The number of halogens is 2. The second kappa shape index (κ2) is 7.36. The number of quaternary nitrogens is 1. The SMILES string of the molecule is C[N+](C)(C)C/C([O-])=N/N=C\c1ccccc1Cl.Cl. The molecule has 0 aromatic heterocycles. The quantitative estimate of drug-likeness (QED) is 0.359. The average molecular weight is 290 g/mol. The van der Waals surface area contributed by atoms with E-state index in [-0.39, 0.29) is 18.3 Å². The van der Waals surface area contributed by atoms with Crippen LogP contribution in [0, 0.1) is 0 Å². The van der Waals surface area contributed by atoms with E-state index in [4.69, 9.17) is 11.6 Å². The van der Waals surface area contributed by atoms with E-state index in [0.717, 1.165) is 5.56 Å². The van der Waals surface area contributed by atoms with Gasteiger partial charge in [-0.2, -0.15) is 10.2 Å². The van der Waals surface area contributed by atoms with Gasteiger partial charge in [-0.3, -0.25) is 0 Å². The summed E-state index contributed by atoms with van der Waals surface area (Å²) < 4.78 is 0.532. The van der Waals surface area contributed by atoms with Crippen molar-refractivity contribution in [3.63, 3.8) is 0 Å². The minimum atomic E-state index is -0.249. The van der Waals surface area contributed by atoms with Gasteiger partial charge in [0.25, 0.3) is 0 Å². The van der Waals surface area contributed by atoms with Crippen molar-refractivity contribution in [1.82, 2.24) is 0 Å². The molecule has 0 aliphatic rings. The molecule has 0 N–H and O–H groups in total. The molecule has 0 unspecified atom stereocenters. The summed E-state index contributed by atoms with van der Waals surface area (Å²) in [4.78, 5) is 0. The fourth-order valence-corrected chi connectivity index (χ4v) is 1.36. The Kier molecular flexibility index (Phi) is 6.91. The fourth-order valence-electron chi connectivity index (χ4n) is 1.17. The van der Waals surface area contributed by atoms with Gasteiger partial charge in [-0.1, -0.05) is 29.8 Å². The van der Waals surface area contributed by atoms with Gasteiger partial charge in [0.1, 0.15) is 6.54 Å². The van der Waals surface area contributed by atoms with Gasteiger partial charge >= 0.3 is 0 Å². The zero-order valence-corrected chi connectivity index (χ0v) is 12.2. The molecule has 0 bridgehead atoms. The molecule has 0 radical (unpaired) electrons. The first-order valence-corrected chi connectivity index (χ1v) is 5.58. The van der Waals surface area contributed by atoms with Crippen LogP contribution in [0.3, 0.4) is 0 Å². The first kappa shape index (κ1) is 16.9. The lowest BCUT2D eigenvalue weighted by Crippen LogP contribution is -2.43. The van der Waals surface area contributed by atoms with Gasteiger partial charge in [-0.05, 0) is 6.07 Å². The van der Waals surface area contributed by atoms with Gasteiger partial charge in [-0.15, -0.1) is 12.4 Å². The minimum absolute atomic E-state index is 0. The maximum Gasteiger partial charge on any atom is 0.109 e. The maximum absolute atomic E-state index is 11.4. The molecule has 0 aliphatic carbocycles. The lowest BCUT2D eigenvalue weighted by molar-refractivity contribution is -0.863.